The van der Waals surface area contributed by atoms with Gasteiger partial charge in [0, 0.05) is 12.7 Å². The molecule has 2 rings (SSSR count). The number of urea groups is 1. The third-order valence-electron chi connectivity index (χ3n) is 3.82. The third kappa shape index (κ3) is 2.11. The fourth-order valence-electron chi connectivity index (χ4n) is 2.56. The number of carbonyl (C=O) groups excluding carboxylic acids is 1. The summed E-state index contributed by atoms with van der Waals surface area (Å²) in [6.45, 7) is 4.75. The van der Waals surface area contributed by atoms with Gasteiger partial charge in [-0.25, -0.2) is 19.5 Å². The lowest BCUT2D eigenvalue weighted by Crippen LogP contribution is -2.72. The van der Waals surface area contributed by atoms with Gasteiger partial charge < -0.3 is 20.2 Å². The molecule has 116 valence electrons. The lowest BCUT2D eigenvalue weighted by molar-refractivity contribution is -0.177. The van der Waals surface area contributed by atoms with E-state index in [0.29, 0.717) is 13.0 Å². The lowest BCUT2D eigenvalue weighted by atomic mass is 9.85. The van der Waals surface area contributed by atoms with Crippen LogP contribution < -0.4 is 0 Å². The van der Waals surface area contributed by atoms with E-state index in [9.17, 15) is 24.9 Å². The number of amidine groups is 1. The molecule has 8 nitrogen and oxygen atoms in total. The second-order valence-electron chi connectivity index (χ2n) is 5.55. The molecule has 0 spiro atoms. The van der Waals surface area contributed by atoms with Crippen LogP contribution in [0.2, 0.25) is 0 Å². The number of hydrogen-bond acceptors (Lipinski definition) is 5. The molecule has 0 aromatic heterocycles. The van der Waals surface area contributed by atoms with Crippen LogP contribution in [0.3, 0.4) is 0 Å². The van der Waals surface area contributed by atoms with E-state index in [1.54, 1.807) is 0 Å². The van der Waals surface area contributed by atoms with E-state index in [2.05, 4.69) is 4.99 Å². The molecule has 0 radical (unpaired) electrons. The second-order valence-corrected chi connectivity index (χ2v) is 5.55. The zero-order chi connectivity index (χ0) is 16.0. The number of carbonyl (C=O) groups is 2. The van der Waals surface area contributed by atoms with E-state index < -0.39 is 29.4 Å². The van der Waals surface area contributed by atoms with E-state index in [4.69, 9.17) is 0 Å². The summed E-state index contributed by atoms with van der Waals surface area (Å²) in [4.78, 5) is 30.0. The van der Waals surface area contributed by atoms with E-state index in [1.807, 2.05) is 6.92 Å². The molecule has 8 heteroatoms. The molecule has 21 heavy (non-hydrogen) atoms. The molecule has 3 N–H and O–H groups in total. The first kappa shape index (κ1) is 15.5. The molecule has 0 aliphatic carbocycles. The van der Waals surface area contributed by atoms with Gasteiger partial charge in [0.15, 0.2) is 11.3 Å². The van der Waals surface area contributed by atoms with Crippen LogP contribution in [0.5, 0.6) is 0 Å². The van der Waals surface area contributed by atoms with Crippen molar-refractivity contribution in [3.63, 3.8) is 0 Å². The molecular weight excluding hydrogens is 278 g/mol. The number of carboxylic acid groups (broad SMARTS) is 1. The van der Waals surface area contributed by atoms with Crippen molar-refractivity contribution in [3.8, 4) is 0 Å². The third-order valence-corrected chi connectivity index (χ3v) is 3.82. The first-order valence-electron chi connectivity index (χ1n) is 6.69. The Morgan fingerprint density at radius 3 is 2.62 bits per heavy atom. The van der Waals surface area contributed by atoms with Gasteiger partial charge in [0.1, 0.15) is 11.9 Å². The van der Waals surface area contributed by atoms with Gasteiger partial charge in [0.2, 0.25) is 0 Å². The predicted octanol–water partition coefficient (Wildman–Crippen LogP) is -0.0275. The quantitative estimate of drug-likeness (QED) is 0.677. The summed E-state index contributed by atoms with van der Waals surface area (Å²) in [5.41, 5.74) is -4.00. The van der Waals surface area contributed by atoms with Gasteiger partial charge in [0.05, 0.1) is 0 Å². The maximum Gasteiger partial charge on any atom is 0.334 e. The normalized spacial score (nSPS) is 35.6. The standard InChI is InChI=1S/C13H19N3O5/c1-4-6-15-7-5-8-14-12(2,10(18)19)9(17)13(3,21)16(8)11(15)20/h5,7,9,17,21H,4,6H2,1-3H3,(H,18,19). The Kier molecular flexibility index (Phi) is 3.54. The van der Waals surface area contributed by atoms with Crippen molar-refractivity contribution in [3.05, 3.63) is 12.3 Å². The van der Waals surface area contributed by atoms with Crippen LogP contribution in [0.1, 0.15) is 27.2 Å². The van der Waals surface area contributed by atoms with Crippen LogP contribution in [0, 0.1) is 0 Å². The predicted molar refractivity (Wildman–Crippen MR) is 73.5 cm³/mol. The number of nitrogens with zero attached hydrogens (tertiary/aromatic N) is 3. The zero-order valence-corrected chi connectivity index (χ0v) is 12.1. The Labute approximate surface area is 122 Å². The van der Waals surface area contributed by atoms with Crippen LogP contribution >= 0.6 is 0 Å². The highest BCUT2D eigenvalue weighted by atomic mass is 16.4. The minimum Gasteiger partial charge on any atom is -0.479 e. The van der Waals surface area contributed by atoms with Gasteiger partial charge in [-0.1, -0.05) is 6.92 Å². The average Bonchev–Trinajstić information content (AvgIpc) is 2.39. The molecule has 2 heterocycles. The number of aliphatic hydroxyl groups is 2. The molecule has 0 aromatic rings. The largest absolute Gasteiger partial charge is 0.479 e. The number of carboxylic acids is 1. The van der Waals surface area contributed by atoms with Crippen LogP contribution in [-0.4, -0.2) is 66.9 Å². The first-order valence-corrected chi connectivity index (χ1v) is 6.69. The van der Waals surface area contributed by atoms with Gasteiger partial charge in [-0.15, -0.1) is 0 Å². The summed E-state index contributed by atoms with van der Waals surface area (Å²) in [6.07, 6.45) is 1.91. The van der Waals surface area contributed by atoms with Gasteiger partial charge in [-0.05, 0) is 26.3 Å². The van der Waals surface area contributed by atoms with Crippen molar-refractivity contribution in [2.45, 2.75) is 44.6 Å². The molecule has 0 fully saturated rings. The maximum absolute atomic E-state index is 12.4. The summed E-state index contributed by atoms with van der Waals surface area (Å²) >= 11 is 0. The zero-order valence-electron chi connectivity index (χ0n) is 12.1. The number of aliphatic carboxylic acids is 1. The van der Waals surface area contributed by atoms with Crippen molar-refractivity contribution in [2.75, 3.05) is 6.54 Å². The maximum atomic E-state index is 12.4. The number of hydrogen-bond donors (Lipinski definition) is 3. The summed E-state index contributed by atoms with van der Waals surface area (Å²) in [5.74, 6) is -1.35. The first-order chi connectivity index (χ1) is 9.66. The molecule has 3 unspecified atom stereocenters. The smallest absolute Gasteiger partial charge is 0.334 e. The van der Waals surface area contributed by atoms with Crippen LogP contribution in [0.4, 0.5) is 4.79 Å². The van der Waals surface area contributed by atoms with Gasteiger partial charge in [-0.3, -0.25) is 0 Å². The molecule has 0 bridgehead atoms. The Morgan fingerprint density at radius 1 is 1.48 bits per heavy atom. The molecular formula is C13H19N3O5. The van der Waals surface area contributed by atoms with Gasteiger partial charge in [0.25, 0.3) is 0 Å². The van der Waals surface area contributed by atoms with Crippen molar-refractivity contribution in [1.82, 2.24) is 9.80 Å². The Balaban J connectivity index is 2.56. The van der Waals surface area contributed by atoms with Crippen molar-refractivity contribution < 1.29 is 24.9 Å². The van der Waals surface area contributed by atoms with Crippen molar-refractivity contribution >= 4 is 17.8 Å². The minimum absolute atomic E-state index is 0.0209. The molecule has 0 saturated carbocycles. The van der Waals surface area contributed by atoms with Gasteiger partial charge >= 0.3 is 12.0 Å². The minimum atomic E-state index is -2.07. The van der Waals surface area contributed by atoms with Crippen LogP contribution in [-0.2, 0) is 4.79 Å². The van der Waals surface area contributed by atoms with E-state index in [0.717, 1.165) is 4.90 Å². The summed E-state index contributed by atoms with van der Waals surface area (Å²) < 4.78 is 0. The van der Waals surface area contributed by atoms with Gasteiger partial charge in [-0.2, -0.15) is 0 Å². The van der Waals surface area contributed by atoms with E-state index >= 15 is 0 Å². The number of amides is 2. The fraction of sp³-hybridized carbons (Fsp3) is 0.615. The average molecular weight is 297 g/mol. The molecule has 2 aliphatic rings. The molecule has 0 saturated heterocycles. The Hall–Kier alpha value is -1.93. The number of fused-ring (bicyclic) bond motifs is 1. The van der Waals surface area contributed by atoms with Crippen molar-refractivity contribution in [2.24, 2.45) is 4.99 Å². The van der Waals surface area contributed by atoms with Crippen LogP contribution in [0.25, 0.3) is 0 Å². The van der Waals surface area contributed by atoms with E-state index in [1.165, 1.54) is 31.0 Å². The number of rotatable bonds is 3. The SMILES string of the molecule is CCCN1C=CC2=NC(C)(C(=O)O)C(O)C(C)(O)N2C1=O. The molecule has 2 aliphatic heterocycles. The highest BCUT2D eigenvalue weighted by Gasteiger charge is 2.59. The highest BCUT2D eigenvalue weighted by molar-refractivity contribution is 6.08. The lowest BCUT2D eigenvalue weighted by Gasteiger charge is -2.50. The fourth-order valence-corrected chi connectivity index (χ4v) is 2.56. The van der Waals surface area contributed by atoms with Crippen molar-refractivity contribution in [1.29, 1.82) is 0 Å². The Morgan fingerprint density at radius 2 is 2.10 bits per heavy atom. The highest BCUT2D eigenvalue weighted by Crippen LogP contribution is 2.35. The second kappa shape index (κ2) is 4.81. The number of aliphatic hydroxyl groups excluding tert-OH is 1. The molecule has 2 amide bonds. The number of aliphatic imine (C=N–C) groups is 1. The van der Waals surface area contributed by atoms with E-state index in [-0.39, 0.29) is 5.84 Å². The monoisotopic (exact) mass is 297 g/mol. The molecule has 0 aromatic carbocycles. The summed E-state index contributed by atoms with van der Waals surface area (Å²) in [6, 6.07) is -0.547. The topological polar surface area (TPSA) is 114 Å². The van der Waals surface area contributed by atoms with Crippen LogP contribution in [0.15, 0.2) is 17.3 Å². The summed E-state index contributed by atoms with van der Waals surface area (Å²) in [7, 11) is 0. The Bertz CT molecular complexity index is 542. The molecule has 3 atom stereocenters. The summed E-state index contributed by atoms with van der Waals surface area (Å²) in [5, 5.41) is 30.0.